The number of benzene rings is 2. The van der Waals surface area contributed by atoms with Crippen molar-refractivity contribution in [2.75, 3.05) is 0 Å². The van der Waals surface area contributed by atoms with Crippen LogP contribution in [0.5, 0.6) is 5.75 Å². The molecule has 0 bridgehead atoms. The summed E-state index contributed by atoms with van der Waals surface area (Å²) < 4.78 is 6.08. The largest absolute Gasteiger partial charge is 0.485 e. The predicted octanol–water partition coefficient (Wildman–Crippen LogP) is 4.83. The predicted molar refractivity (Wildman–Crippen MR) is 82.6 cm³/mol. The minimum Gasteiger partial charge on any atom is -0.485 e. The van der Waals surface area contributed by atoms with E-state index in [0.29, 0.717) is 5.02 Å². The Morgan fingerprint density at radius 1 is 1.05 bits per heavy atom. The summed E-state index contributed by atoms with van der Waals surface area (Å²) in [5, 5.41) is 1.42. The molecule has 2 atom stereocenters. The van der Waals surface area contributed by atoms with E-state index in [-0.39, 0.29) is 12.1 Å². The zero-order valence-electron chi connectivity index (χ0n) is 11.1. The normalized spacial score (nSPS) is 21.2. The first kappa shape index (κ1) is 13.7. The molecule has 0 aromatic heterocycles. The van der Waals surface area contributed by atoms with Crippen LogP contribution in [-0.2, 0) is 0 Å². The van der Waals surface area contributed by atoms with Gasteiger partial charge in [0.2, 0.25) is 0 Å². The summed E-state index contributed by atoms with van der Waals surface area (Å²) in [4.78, 5) is 0. The maximum Gasteiger partial charge on any atom is 0.126 e. The molecule has 4 heteroatoms. The van der Waals surface area contributed by atoms with Crippen molar-refractivity contribution >= 4 is 23.2 Å². The lowest BCUT2D eigenvalue weighted by Crippen LogP contribution is -2.24. The van der Waals surface area contributed by atoms with E-state index in [1.54, 1.807) is 0 Å². The quantitative estimate of drug-likeness (QED) is 0.819. The highest BCUT2D eigenvalue weighted by atomic mass is 35.5. The van der Waals surface area contributed by atoms with Gasteiger partial charge in [-0.15, -0.1) is 0 Å². The summed E-state index contributed by atoms with van der Waals surface area (Å²) in [5.41, 5.74) is 9.48. The Labute approximate surface area is 128 Å². The number of nitrogens with two attached hydrogens (primary N) is 1. The van der Waals surface area contributed by atoms with E-state index < -0.39 is 0 Å². The Hall–Kier alpha value is -1.22. The van der Waals surface area contributed by atoms with Crippen molar-refractivity contribution < 1.29 is 4.74 Å². The monoisotopic (exact) mass is 307 g/mol. The Bertz CT molecular complexity index is 657. The molecule has 2 N–H and O–H groups in total. The molecular formula is C16H15Cl2NO. The highest BCUT2D eigenvalue weighted by Gasteiger charge is 2.28. The van der Waals surface area contributed by atoms with E-state index in [9.17, 15) is 0 Å². The molecule has 2 aromatic rings. The van der Waals surface area contributed by atoms with Gasteiger partial charge in [0.25, 0.3) is 0 Å². The van der Waals surface area contributed by atoms with Crippen LogP contribution in [0.25, 0.3) is 0 Å². The van der Waals surface area contributed by atoms with E-state index in [2.05, 4.69) is 0 Å². The van der Waals surface area contributed by atoms with Crippen molar-refractivity contribution in [3.8, 4) is 5.75 Å². The molecule has 0 fully saturated rings. The SMILES string of the molecule is Cc1cc(Cl)ccc1C1CC(N)c2cc(Cl)ccc2O1. The lowest BCUT2D eigenvalue weighted by atomic mass is 9.92. The topological polar surface area (TPSA) is 35.2 Å². The summed E-state index contributed by atoms with van der Waals surface area (Å²) in [7, 11) is 0. The van der Waals surface area contributed by atoms with Crippen molar-refractivity contribution in [1.82, 2.24) is 0 Å². The van der Waals surface area contributed by atoms with Crippen LogP contribution in [0.15, 0.2) is 36.4 Å². The average molecular weight is 308 g/mol. The van der Waals surface area contributed by atoms with Crippen LogP contribution >= 0.6 is 23.2 Å². The molecule has 0 radical (unpaired) electrons. The van der Waals surface area contributed by atoms with Gasteiger partial charge in [-0.05, 0) is 48.4 Å². The van der Waals surface area contributed by atoms with Gasteiger partial charge in [0.1, 0.15) is 11.9 Å². The first-order valence-electron chi connectivity index (χ1n) is 6.52. The number of hydrogen-bond donors (Lipinski definition) is 1. The van der Waals surface area contributed by atoms with E-state index >= 15 is 0 Å². The molecule has 0 spiro atoms. The Morgan fingerprint density at radius 3 is 2.50 bits per heavy atom. The van der Waals surface area contributed by atoms with Crippen molar-refractivity contribution in [3.05, 3.63) is 63.1 Å². The fraction of sp³-hybridized carbons (Fsp3) is 0.250. The molecule has 1 aliphatic rings. The van der Waals surface area contributed by atoms with Crippen molar-refractivity contribution in [3.63, 3.8) is 0 Å². The molecule has 2 aromatic carbocycles. The summed E-state index contributed by atoms with van der Waals surface area (Å²) in [6.07, 6.45) is 0.687. The Morgan fingerprint density at radius 2 is 1.75 bits per heavy atom. The van der Waals surface area contributed by atoms with Gasteiger partial charge in [-0.25, -0.2) is 0 Å². The zero-order valence-corrected chi connectivity index (χ0v) is 12.6. The maximum atomic E-state index is 6.26. The number of rotatable bonds is 1. The highest BCUT2D eigenvalue weighted by molar-refractivity contribution is 6.31. The smallest absolute Gasteiger partial charge is 0.126 e. The molecule has 0 saturated carbocycles. The molecule has 1 heterocycles. The van der Waals surface area contributed by atoms with Gasteiger partial charge >= 0.3 is 0 Å². The number of halogens is 2. The molecule has 20 heavy (non-hydrogen) atoms. The summed E-state index contributed by atoms with van der Waals surface area (Å²) in [5.74, 6) is 0.813. The van der Waals surface area contributed by atoms with Crippen LogP contribution in [0.2, 0.25) is 10.0 Å². The Balaban J connectivity index is 1.97. The zero-order chi connectivity index (χ0) is 14.3. The van der Waals surface area contributed by atoms with E-state index in [1.165, 1.54) is 0 Å². The summed E-state index contributed by atoms with van der Waals surface area (Å²) in [6, 6.07) is 11.4. The van der Waals surface area contributed by atoms with Gasteiger partial charge in [0.15, 0.2) is 0 Å². The third-order valence-corrected chi connectivity index (χ3v) is 4.16. The second-order valence-corrected chi connectivity index (χ2v) is 6.00. The average Bonchev–Trinajstić information content (AvgIpc) is 2.39. The number of fused-ring (bicyclic) bond motifs is 1. The van der Waals surface area contributed by atoms with Gasteiger partial charge in [-0.1, -0.05) is 29.3 Å². The highest BCUT2D eigenvalue weighted by Crippen LogP contribution is 2.41. The number of ether oxygens (including phenoxy) is 1. The van der Waals surface area contributed by atoms with Gasteiger partial charge in [0.05, 0.1) is 0 Å². The van der Waals surface area contributed by atoms with Gasteiger partial charge in [0, 0.05) is 28.1 Å². The molecule has 3 rings (SSSR count). The molecule has 104 valence electrons. The molecule has 0 aliphatic carbocycles. The van der Waals surface area contributed by atoms with Crippen molar-refractivity contribution in [2.45, 2.75) is 25.5 Å². The third kappa shape index (κ3) is 2.51. The lowest BCUT2D eigenvalue weighted by molar-refractivity contribution is 0.161. The van der Waals surface area contributed by atoms with Crippen LogP contribution in [0, 0.1) is 6.92 Å². The van der Waals surface area contributed by atoms with Crippen LogP contribution in [0.1, 0.15) is 35.3 Å². The molecule has 2 nitrogen and oxygen atoms in total. The first-order valence-corrected chi connectivity index (χ1v) is 7.28. The maximum absolute atomic E-state index is 6.26. The molecular weight excluding hydrogens is 293 g/mol. The van der Waals surface area contributed by atoms with Gasteiger partial charge in [-0.3, -0.25) is 0 Å². The van der Waals surface area contributed by atoms with Crippen molar-refractivity contribution in [1.29, 1.82) is 0 Å². The molecule has 1 aliphatic heterocycles. The fourth-order valence-electron chi connectivity index (χ4n) is 2.67. The second-order valence-electron chi connectivity index (χ2n) is 5.13. The fourth-order valence-corrected chi connectivity index (χ4v) is 3.07. The van der Waals surface area contributed by atoms with E-state index in [4.69, 9.17) is 33.7 Å². The van der Waals surface area contributed by atoms with E-state index in [1.807, 2.05) is 43.3 Å². The van der Waals surface area contributed by atoms with Crippen LogP contribution in [0.3, 0.4) is 0 Å². The molecule has 0 saturated heterocycles. The third-order valence-electron chi connectivity index (χ3n) is 3.69. The van der Waals surface area contributed by atoms with E-state index in [0.717, 1.165) is 33.9 Å². The van der Waals surface area contributed by atoms with Gasteiger partial charge < -0.3 is 10.5 Å². The number of aryl methyl sites for hydroxylation is 1. The summed E-state index contributed by atoms with van der Waals surface area (Å²) >= 11 is 12.0. The second kappa shape index (κ2) is 5.28. The molecule has 0 amide bonds. The number of hydrogen-bond acceptors (Lipinski definition) is 2. The molecule has 2 unspecified atom stereocenters. The van der Waals surface area contributed by atoms with Crippen LogP contribution in [-0.4, -0.2) is 0 Å². The lowest BCUT2D eigenvalue weighted by Gasteiger charge is -2.31. The van der Waals surface area contributed by atoms with Crippen LogP contribution in [0.4, 0.5) is 0 Å². The van der Waals surface area contributed by atoms with Crippen LogP contribution < -0.4 is 10.5 Å². The standard InChI is InChI=1S/C16H15Cl2NO/c1-9-6-10(17)2-4-12(9)16-8-14(19)13-7-11(18)3-5-15(13)20-16/h2-7,14,16H,8,19H2,1H3. The summed E-state index contributed by atoms with van der Waals surface area (Å²) in [6.45, 7) is 2.04. The Kier molecular flexibility index (Phi) is 3.63. The van der Waals surface area contributed by atoms with Gasteiger partial charge in [-0.2, -0.15) is 0 Å². The minimum atomic E-state index is -0.0717. The first-order chi connectivity index (χ1) is 9.54. The minimum absolute atomic E-state index is 0.0454. The van der Waals surface area contributed by atoms with Crippen molar-refractivity contribution in [2.24, 2.45) is 5.73 Å².